The lowest BCUT2D eigenvalue weighted by Crippen LogP contribution is -2.23. The Morgan fingerprint density at radius 3 is 2.71 bits per heavy atom. The fraction of sp³-hybridized carbons (Fsp3) is 0.192. The zero-order valence-electron chi connectivity index (χ0n) is 18.5. The van der Waals surface area contributed by atoms with Crippen molar-refractivity contribution in [1.82, 2.24) is 9.55 Å². The van der Waals surface area contributed by atoms with Crippen LogP contribution in [0.4, 0.5) is 14.5 Å². The number of amides is 1. The lowest BCUT2D eigenvalue weighted by molar-refractivity contribution is -0.115. The van der Waals surface area contributed by atoms with Crippen LogP contribution in [0.2, 0.25) is 5.02 Å². The summed E-state index contributed by atoms with van der Waals surface area (Å²) >= 11 is 6.96. The molecule has 3 aromatic carbocycles. The van der Waals surface area contributed by atoms with Gasteiger partial charge in [0, 0.05) is 17.9 Å². The van der Waals surface area contributed by atoms with E-state index in [0.29, 0.717) is 5.75 Å². The smallest absolute Gasteiger partial charge is 0.269 e. The van der Waals surface area contributed by atoms with Crippen molar-refractivity contribution in [2.24, 2.45) is 0 Å². The number of halogens is 3. The number of rotatable bonds is 6. The van der Waals surface area contributed by atoms with E-state index >= 15 is 0 Å². The van der Waals surface area contributed by atoms with Crippen LogP contribution in [0, 0.1) is 11.6 Å². The van der Waals surface area contributed by atoms with Crippen molar-refractivity contribution in [3.05, 3.63) is 92.7 Å². The van der Waals surface area contributed by atoms with E-state index in [9.17, 15) is 18.4 Å². The van der Waals surface area contributed by atoms with E-state index in [0.717, 1.165) is 47.3 Å². The maximum Gasteiger partial charge on any atom is 0.269 e. The maximum absolute atomic E-state index is 14.5. The first-order valence-corrected chi connectivity index (χ1v) is 12.5. The minimum absolute atomic E-state index is 0.0980. The van der Waals surface area contributed by atoms with E-state index in [4.69, 9.17) is 11.6 Å². The molecule has 1 aliphatic rings. The number of hydrogen-bond acceptors (Lipinski definition) is 4. The predicted molar refractivity (Wildman–Crippen MR) is 135 cm³/mol. The first kappa shape index (κ1) is 23.5. The number of aromatic nitrogens is 2. The Morgan fingerprint density at radius 1 is 1.06 bits per heavy atom. The van der Waals surface area contributed by atoms with Crippen LogP contribution in [0.3, 0.4) is 0 Å². The highest BCUT2D eigenvalue weighted by molar-refractivity contribution is 7.99. The van der Waals surface area contributed by atoms with E-state index in [-0.39, 0.29) is 39.1 Å². The van der Waals surface area contributed by atoms with E-state index in [1.165, 1.54) is 41.5 Å². The topological polar surface area (TPSA) is 64.0 Å². The number of benzene rings is 3. The van der Waals surface area contributed by atoms with Gasteiger partial charge in [-0.15, -0.1) is 0 Å². The number of anilines is 1. The highest BCUT2D eigenvalue weighted by Crippen LogP contribution is 2.27. The van der Waals surface area contributed by atoms with E-state index < -0.39 is 17.2 Å². The van der Waals surface area contributed by atoms with E-state index in [2.05, 4.69) is 16.4 Å². The Hall–Kier alpha value is -3.23. The molecule has 4 aromatic rings. The van der Waals surface area contributed by atoms with Crippen molar-refractivity contribution in [3.8, 4) is 5.69 Å². The number of thioether (sulfide) groups is 1. The van der Waals surface area contributed by atoms with Gasteiger partial charge < -0.3 is 5.32 Å². The summed E-state index contributed by atoms with van der Waals surface area (Å²) in [5.74, 6) is -1.29. The fourth-order valence-corrected chi connectivity index (χ4v) is 5.29. The number of hydrogen-bond donors (Lipinski definition) is 1. The highest BCUT2D eigenvalue weighted by atomic mass is 35.5. The Bertz CT molecular complexity index is 1520. The molecular formula is C26H20ClF2N3O2S. The third-order valence-corrected chi connectivity index (χ3v) is 7.17. The molecule has 5 nitrogen and oxygen atoms in total. The molecule has 1 N–H and O–H groups in total. The molecule has 0 spiro atoms. The van der Waals surface area contributed by atoms with Crippen LogP contribution >= 0.6 is 23.4 Å². The van der Waals surface area contributed by atoms with Crippen molar-refractivity contribution in [2.75, 3.05) is 11.1 Å². The average molecular weight is 512 g/mol. The summed E-state index contributed by atoms with van der Waals surface area (Å²) in [7, 11) is 0. The second-order valence-electron chi connectivity index (χ2n) is 8.25. The Balaban J connectivity index is 1.39. The van der Waals surface area contributed by atoms with Crippen LogP contribution in [0.5, 0.6) is 0 Å². The Labute approximate surface area is 209 Å². The van der Waals surface area contributed by atoms with E-state index in [1.54, 1.807) is 0 Å². The number of aryl methyl sites for hydroxylation is 2. The largest absolute Gasteiger partial charge is 0.326 e. The van der Waals surface area contributed by atoms with Gasteiger partial charge in [0.05, 0.1) is 16.2 Å². The van der Waals surface area contributed by atoms with Crippen LogP contribution in [0.1, 0.15) is 24.0 Å². The summed E-state index contributed by atoms with van der Waals surface area (Å²) in [6.45, 7) is 0. The molecule has 0 bridgehead atoms. The minimum Gasteiger partial charge on any atom is -0.326 e. The van der Waals surface area contributed by atoms with E-state index in [1.807, 2.05) is 12.1 Å². The average Bonchev–Trinajstić information content (AvgIpc) is 3.29. The molecule has 1 amide bonds. The molecule has 0 fully saturated rings. The molecule has 0 radical (unpaired) electrons. The number of nitrogens with zero attached hydrogens (tertiary/aromatic N) is 2. The van der Waals surface area contributed by atoms with Crippen molar-refractivity contribution in [3.63, 3.8) is 0 Å². The summed E-state index contributed by atoms with van der Waals surface area (Å²) in [5, 5.41) is 2.84. The molecule has 35 heavy (non-hydrogen) atoms. The lowest BCUT2D eigenvalue weighted by Gasteiger charge is -2.14. The molecule has 0 saturated carbocycles. The monoisotopic (exact) mass is 511 g/mol. The molecule has 0 aliphatic heterocycles. The predicted octanol–water partition coefficient (Wildman–Crippen LogP) is 5.93. The Morgan fingerprint density at radius 2 is 1.89 bits per heavy atom. The first-order valence-electron chi connectivity index (χ1n) is 11.1. The molecule has 1 heterocycles. The number of nitrogens with one attached hydrogen (secondary N) is 1. The molecule has 0 saturated heterocycles. The summed E-state index contributed by atoms with van der Waals surface area (Å²) in [4.78, 5) is 30.2. The van der Waals surface area contributed by atoms with Crippen LogP contribution in [-0.4, -0.2) is 21.2 Å². The summed E-state index contributed by atoms with van der Waals surface area (Å²) in [6.07, 6.45) is 3.38. The van der Waals surface area contributed by atoms with Gasteiger partial charge in [0.2, 0.25) is 5.91 Å². The van der Waals surface area contributed by atoms with Crippen LogP contribution in [-0.2, 0) is 17.6 Å². The molecule has 5 rings (SSSR count). The number of carbonyl (C=O) groups is 1. The van der Waals surface area contributed by atoms with Gasteiger partial charge in [0.15, 0.2) is 5.16 Å². The maximum atomic E-state index is 14.5. The summed E-state index contributed by atoms with van der Waals surface area (Å²) in [5.41, 5.74) is 3.04. The quantitative estimate of drug-likeness (QED) is 0.257. The van der Waals surface area contributed by atoms with Gasteiger partial charge in [-0.05, 0) is 72.9 Å². The summed E-state index contributed by atoms with van der Waals surface area (Å²) in [6, 6.07) is 14.0. The van der Waals surface area contributed by atoms with Crippen LogP contribution in [0.15, 0.2) is 64.5 Å². The van der Waals surface area contributed by atoms with Gasteiger partial charge >= 0.3 is 0 Å². The zero-order chi connectivity index (χ0) is 24.5. The van der Waals surface area contributed by atoms with Gasteiger partial charge in [-0.1, -0.05) is 35.5 Å². The van der Waals surface area contributed by atoms with Crippen molar-refractivity contribution < 1.29 is 13.6 Å². The first-order chi connectivity index (χ1) is 16.9. The highest BCUT2D eigenvalue weighted by Gasteiger charge is 2.18. The van der Waals surface area contributed by atoms with Gasteiger partial charge in [-0.2, -0.15) is 0 Å². The Kier molecular flexibility index (Phi) is 6.58. The SMILES string of the molecule is O=C(CCSc1nc2cccc(F)c2c(=O)n1-c1ccc(Cl)c(F)c1)Nc1ccc2c(c1)CCC2. The standard InChI is InChI=1S/C26H20ClF2N3O2S/c27-19-10-9-18(14-21(19)29)32-25(34)24-20(28)5-2-6-22(24)31-26(32)35-12-11-23(33)30-17-8-7-15-3-1-4-16(15)13-17/h2,5-10,13-14H,1,3-4,11-12H2,(H,30,33). The number of fused-ring (bicyclic) bond motifs is 2. The van der Waals surface area contributed by atoms with Gasteiger partial charge in [0.25, 0.3) is 5.56 Å². The molecule has 0 unspecified atom stereocenters. The second-order valence-corrected chi connectivity index (χ2v) is 9.72. The molecule has 9 heteroatoms. The lowest BCUT2D eigenvalue weighted by atomic mass is 10.1. The number of carbonyl (C=O) groups excluding carboxylic acids is 1. The van der Waals surface area contributed by atoms with Gasteiger partial charge in [0.1, 0.15) is 17.0 Å². The zero-order valence-corrected chi connectivity index (χ0v) is 20.1. The van der Waals surface area contributed by atoms with Gasteiger partial charge in [-0.3, -0.25) is 14.2 Å². The minimum atomic E-state index is -0.714. The summed E-state index contributed by atoms with van der Waals surface area (Å²) < 4.78 is 29.8. The molecular weight excluding hydrogens is 492 g/mol. The van der Waals surface area contributed by atoms with Gasteiger partial charge in [-0.25, -0.2) is 13.8 Å². The normalized spacial score (nSPS) is 12.7. The third-order valence-electron chi connectivity index (χ3n) is 5.92. The van der Waals surface area contributed by atoms with Crippen LogP contribution < -0.4 is 10.9 Å². The third kappa shape index (κ3) is 4.81. The van der Waals surface area contributed by atoms with Crippen LogP contribution in [0.25, 0.3) is 16.6 Å². The molecule has 1 aromatic heterocycles. The molecule has 0 atom stereocenters. The second kappa shape index (κ2) is 9.79. The molecule has 178 valence electrons. The van der Waals surface area contributed by atoms with Crippen molar-refractivity contribution in [2.45, 2.75) is 30.8 Å². The molecule has 1 aliphatic carbocycles. The fourth-order valence-electron chi connectivity index (χ4n) is 4.23. The van der Waals surface area contributed by atoms with Crippen molar-refractivity contribution in [1.29, 1.82) is 0 Å². The van der Waals surface area contributed by atoms with Crippen molar-refractivity contribution >= 4 is 45.9 Å².